The van der Waals surface area contributed by atoms with Gasteiger partial charge < -0.3 is 19.7 Å². The predicted molar refractivity (Wildman–Crippen MR) is 159 cm³/mol. The molecular formula is C31H37F2N3O6S. The van der Waals surface area contributed by atoms with Crippen LogP contribution in [0.15, 0.2) is 71.6 Å². The number of nitrogens with zero attached hydrogens (tertiary/aromatic N) is 2. The number of nitrogens with one attached hydrogen (secondary N) is 1. The SMILES string of the molecule is CCCCNC(=O)[C@@H](CC)N(Cc1ccc(F)cc1)C(=O)CN(c1ccc(F)cc1)S(=O)(=O)c1ccc(OC)c(OC)c1. The van der Waals surface area contributed by atoms with Crippen LogP contribution < -0.4 is 19.1 Å². The van der Waals surface area contributed by atoms with Crippen LogP contribution in [0.5, 0.6) is 11.5 Å². The molecule has 0 aliphatic carbocycles. The number of benzene rings is 3. The number of unbranched alkanes of at least 4 members (excludes halogenated alkanes) is 1. The number of hydrogen-bond donors (Lipinski definition) is 1. The molecule has 3 rings (SSSR count). The molecule has 1 N–H and O–H groups in total. The minimum Gasteiger partial charge on any atom is -0.493 e. The van der Waals surface area contributed by atoms with Crippen LogP contribution in [-0.4, -0.2) is 58.5 Å². The van der Waals surface area contributed by atoms with Crippen LogP contribution in [0, 0.1) is 11.6 Å². The van der Waals surface area contributed by atoms with Gasteiger partial charge in [-0.05, 0) is 66.9 Å². The minimum atomic E-state index is -4.42. The van der Waals surface area contributed by atoms with Crippen LogP contribution in [0.2, 0.25) is 0 Å². The molecular weight excluding hydrogens is 580 g/mol. The summed E-state index contributed by atoms with van der Waals surface area (Å²) in [7, 11) is -1.65. The molecule has 9 nitrogen and oxygen atoms in total. The van der Waals surface area contributed by atoms with Gasteiger partial charge in [0, 0.05) is 19.2 Å². The zero-order valence-electron chi connectivity index (χ0n) is 24.7. The van der Waals surface area contributed by atoms with Crippen molar-refractivity contribution in [2.45, 2.75) is 50.6 Å². The fourth-order valence-corrected chi connectivity index (χ4v) is 5.88. The summed E-state index contributed by atoms with van der Waals surface area (Å²) in [5.74, 6) is -1.67. The first kappa shape index (κ1) is 33.3. The maximum Gasteiger partial charge on any atom is 0.264 e. The monoisotopic (exact) mass is 617 g/mol. The van der Waals surface area contributed by atoms with Gasteiger partial charge in [0.15, 0.2) is 11.5 Å². The second-order valence-electron chi connectivity index (χ2n) is 9.72. The molecule has 0 bridgehead atoms. The molecule has 3 aromatic rings. The Morgan fingerprint density at radius 3 is 2.05 bits per heavy atom. The Morgan fingerprint density at radius 2 is 1.49 bits per heavy atom. The summed E-state index contributed by atoms with van der Waals surface area (Å²) in [4.78, 5) is 28.4. The topological polar surface area (TPSA) is 105 Å². The molecule has 0 radical (unpaired) electrons. The summed E-state index contributed by atoms with van der Waals surface area (Å²) in [5.41, 5.74) is 0.581. The van der Waals surface area contributed by atoms with E-state index in [2.05, 4.69) is 5.32 Å². The molecule has 0 aliphatic rings. The molecule has 0 aliphatic heterocycles. The van der Waals surface area contributed by atoms with Gasteiger partial charge >= 0.3 is 0 Å². The van der Waals surface area contributed by atoms with Crippen LogP contribution >= 0.6 is 0 Å². The van der Waals surface area contributed by atoms with Gasteiger partial charge in [-0.1, -0.05) is 32.4 Å². The fraction of sp³-hybridized carbons (Fsp3) is 0.355. The van der Waals surface area contributed by atoms with Crippen LogP contribution in [-0.2, 0) is 26.2 Å². The average Bonchev–Trinajstić information content (AvgIpc) is 3.00. The van der Waals surface area contributed by atoms with Crippen molar-refractivity contribution in [3.05, 3.63) is 83.9 Å². The Morgan fingerprint density at radius 1 is 0.884 bits per heavy atom. The number of sulfonamides is 1. The number of methoxy groups -OCH3 is 2. The third-order valence-corrected chi connectivity index (χ3v) is 8.59. The molecule has 3 aromatic carbocycles. The van der Waals surface area contributed by atoms with Crippen molar-refractivity contribution in [1.29, 1.82) is 0 Å². The van der Waals surface area contributed by atoms with Crippen molar-refractivity contribution in [2.75, 3.05) is 31.6 Å². The molecule has 43 heavy (non-hydrogen) atoms. The van der Waals surface area contributed by atoms with Crippen molar-refractivity contribution < 1.29 is 36.3 Å². The second kappa shape index (κ2) is 15.3. The largest absolute Gasteiger partial charge is 0.493 e. The van der Waals surface area contributed by atoms with Gasteiger partial charge in [0.25, 0.3) is 10.0 Å². The second-order valence-corrected chi connectivity index (χ2v) is 11.6. The predicted octanol–water partition coefficient (Wildman–Crippen LogP) is 4.90. The van der Waals surface area contributed by atoms with E-state index in [9.17, 15) is 26.8 Å². The standard InChI is InChI=1S/C31H37F2N3O6S/c1-5-7-18-34-31(38)27(6-2)35(20-22-8-10-23(32)11-9-22)30(37)21-36(25-14-12-24(33)13-15-25)43(39,40)26-16-17-28(41-3)29(19-26)42-4/h8-17,19,27H,5-7,18,20-21H2,1-4H3,(H,34,38)/t27-/m1/s1. The lowest BCUT2D eigenvalue weighted by Crippen LogP contribution is -2.52. The molecule has 0 saturated carbocycles. The molecule has 0 aromatic heterocycles. The average molecular weight is 618 g/mol. The van der Waals surface area contributed by atoms with Crippen LogP contribution in [0.1, 0.15) is 38.7 Å². The van der Waals surface area contributed by atoms with E-state index in [1.807, 2.05) is 6.92 Å². The van der Waals surface area contributed by atoms with Crippen molar-refractivity contribution in [3.63, 3.8) is 0 Å². The van der Waals surface area contributed by atoms with E-state index in [0.717, 1.165) is 29.3 Å². The lowest BCUT2D eigenvalue weighted by Gasteiger charge is -2.33. The normalized spacial score (nSPS) is 11.9. The number of anilines is 1. The zero-order valence-corrected chi connectivity index (χ0v) is 25.5. The highest BCUT2D eigenvalue weighted by atomic mass is 32.2. The van der Waals surface area contributed by atoms with Crippen molar-refractivity contribution >= 4 is 27.5 Å². The smallest absolute Gasteiger partial charge is 0.264 e. The maximum absolute atomic E-state index is 14.0. The molecule has 12 heteroatoms. The van der Waals surface area contributed by atoms with E-state index >= 15 is 0 Å². The molecule has 1 atom stereocenters. The molecule has 0 heterocycles. The summed E-state index contributed by atoms with van der Waals surface area (Å²) in [6.07, 6.45) is 1.84. The summed E-state index contributed by atoms with van der Waals surface area (Å²) in [6, 6.07) is 13.2. The van der Waals surface area contributed by atoms with Gasteiger partial charge in [-0.25, -0.2) is 17.2 Å². The number of carbonyl (C=O) groups excluding carboxylic acids is 2. The summed E-state index contributed by atoms with van der Waals surface area (Å²) < 4.78 is 66.9. The molecule has 0 saturated heterocycles. The number of carbonyl (C=O) groups is 2. The van der Waals surface area contributed by atoms with Crippen molar-refractivity contribution in [1.82, 2.24) is 10.2 Å². The van der Waals surface area contributed by atoms with Crippen LogP contribution in [0.25, 0.3) is 0 Å². The highest BCUT2D eigenvalue weighted by molar-refractivity contribution is 7.92. The number of halogens is 2. The zero-order chi connectivity index (χ0) is 31.6. The van der Waals surface area contributed by atoms with E-state index < -0.39 is 40.2 Å². The molecule has 0 unspecified atom stereocenters. The Hall–Kier alpha value is -4.19. The number of rotatable bonds is 15. The van der Waals surface area contributed by atoms with E-state index in [-0.39, 0.29) is 35.2 Å². The van der Waals surface area contributed by atoms with Gasteiger partial charge in [-0.15, -0.1) is 0 Å². The van der Waals surface area contributed by atoms with Crippen LogP contribution in [0.4, 0.5) is 14.5 Å². The first-order chi connectivity index (χ1) is 20.5. The Balaban J connectivity index is 2.06. The Bertz CT molecular complexity index is 1480. The van der Waals surface area contributed by atoms with Gasteiger partial charge in [0.2, 0.25) is 11.8 Å². The highest BCUT2D eigenvalue weighted by Gasteiger charge is 2.34. The van der Waals surface area contributed by atoms with E-state index in [4.69, 9.17) is 9.47 Å². The summed E-state index contributed by atoms with van der Waals surface area (Å²) in [5, 5.41) is 2.84. The van der Waals surface area contributed by atoms with Crippen molar-refractivity contribution in [3.8, 4) is 11.5 Å². The first-order valence-corrected chi connectivity index (χ1v) is 15.3. The van der Waals surface area contributed by atoms with Gasteiger partial charge in [-0.3, -0.25) is 13.9 Å². The fourth-order valence-electron chi connectivity index (χ4n) is 4.45. The Labute approximate surface area is 251 Å². The van der Waals surface area contributed by atoms with E-state index in [1.165, 1.54) is 73.7 Å². The third-order valence-electron chi connectivity index (χ3n) is 6.82. The minimum absolute atomic E-state index is 0.0340. The maximum atomic E-state index is 14.0. The number of amides is 2. The third kappa shape index (κ3) is 8.44. The van der Waals surface area contributed by atoms with E-state index in [0.29, 0.717) is 17.9 Å². The van der Waals surface area contributed by atoms with Crippen molar-refractivity contribution in [2.24, 2.45) is 0 Å². The first-order valence-electron chi connectivity index (χ1n) is 13.9. The molecule has 0 spiro atoms. The summed E-state index contributed by atoms with van der Waals surface area (Å²) in [6.45, 7) is 3.36. The van der Waals surface area contributed by atoms with Crippen LogP contribution in [0.3, 0.4) is 0 Å². The van der Waals surface area contributed by atoms with Gasteiger partial charge in [0.05, 0.1) is 24.8 Å². The number of hydrogen-bond acceptors (Lipinski definition) is 6. The van der Waals surface area contributed by atoms with Gasteiger partial charge in [0.1, 0.15) is 24.2 Å². The molecule has 0 fully saturated rings. The molecule has 2 amide bonds. The number of ether oxygens (including phenoxy) is 2. The molecule has 232 valence electrons. The van der Waals surface area contributed by atoms with Gasteiger partial charge in [-0.2, -0.15) is 0 Å². The van der Waals surface area contributed by atoms with E-state index in [1.54, 1.807) is 6.92 Å². The lowest BCUT2D eigenvalue weighted by molar-refractivity contribution is -0.140. The summed E-state index contributed by atoms with van der Waals surface area (Å²) >= 11 is 0. The quantitative estimate of drug-likeness (QED) is 0.243. The Kier molecular flexibility index (Phi) is 11.9. The lowest BCUT2D eigenvalue weighted by atomic mass is 10.1. The highest BCUT2D eigenvalue weighted by Crippen LogP contribution is 2.32.